The maximum atomic E-state index is 11.1. The molecule has 2 rings (SSSR count). The maximum Gasteiger partial charge on any atom is 0.337 e. The quantitative estimate of drug-likeness (QED) is 0.726. The van der Waals surface area contributed by atoms with Gasteiger partial charge in [0.05, 0.1) is 5.56 Å². The van der Waals surface area contributed by atoms with Gasteiger partial charge in [-0.05, 0) is 36.8 Å². The van der Waals surface area contributed by atoms with Gasteiger partial charge in [-0.15, -0.1) is 0 Å². The third-order valence-corrected chi connectivity index (χ3v) is 3.05. The molecule has 0 aliphatic carbocycles. The maximum absolute atomic E-state index is 11.1. The molecule has 104 valence electrons. The van der Waals surface area contributed by atoms with Gasteiger partial charge in [0.2, 0.25) is 0 Å². The average molecular weight is 271 g/mol. The predicted molar refractivity (Wildman–Crippen MR) is 79.0 cm³/mol. The zero-order valence-electron chi connectivity index (χ0n) is 11.3. The Balaban J connectivity index is 2.05. The highest BCUT2D eigenvalue weighted by atomic mass is 16.4. The van der Waals surface area contributed by atoms with Gasteiger partial charge in [-0.2, -0.15) is 0 Å². The van der Waals surface area contributed by atoms with Crippen molar-refractivity contribution in [3.05, 3.63) is 53.3 Å². The van der Waals surface area contributed by atoms with Crippen LogP contribution in [0.2, 0.25) is 0 Å². The van der Waals surface area contributed by atoms with Crippen LogP contribution >= 0.6 is 0 Å². The number of nitrogen functional groups attached to an aromatic ring is 1. The summed E-state index contributed by atoms with van der Waals surface area (Å²) in [4.78, 5) is 15.3. The predicted octanol–water partition coefficient (Wildman–Crippen LogP) is 2.33. The van der Waals surface area contributed by atoms with E-state index in [1.54, 1.807) is 19.2 Å². The number of aromatic carboxylic acids is 1. The molecule has 5 heteroatoms. The summed E-state index contributed by atoms with van der Waals surface area (Å²) in [5, 5.41) is 12.3. The molecule has 0 radical (unpaired) electrons. The Hall–Kier alpha value is -2.56. The van der Waals surface area contributed by atoms with Crippen molar-refractivity contribution < 1.29 is 9.90 Å². The first-order valence-electron chi connectivity index (χ1n) is 6.35. The molecule has 0 fully saturated rings. The topological polar surface area (TPSA) is 88.2 Å². The minimum absolute atomic E-state index is 0.130. The lowest BCUT2D eigenvalue weighted by atomic mass is 10.1. The molecule has 0 saturated carbocycles. The van der Waals surface area contributed by atoms with E-state index in [0.717, 1.165) is 23.4 Å². The molecule has 4 N–H and O–H groups in total. The molecule has 0 aliphatic heterocycles. The first kappa shape index (κ1) is 13.9. The van der Waals surface area contributed by atoms with Gasteiger partial charge in [0.1, 0.15) is 0 Å². The Bertz CT molecular complexity index is 612. The zero-order valence-corrected chi connectivity index (χ0v) is 11.3. The number of nitrogens with one attached hydrogen (secondary N) is 1. The minimum atomic E-state index is -1.01. The van der Waals surface area contributed by atoms with Crippen LogP contribution in [-0.2, 0) is 6.42 Å². The van der Waals surface area contributed by atoms with Gasteiger partial charge < -0.3 is 16.2 Å². The highest BCUT2D eigenvalue weighted by Crippen LogP contribution is 2.22. The molecule has 1 aromatic heterocycles. The summed E-state index contributed by atoms with van der Waals surface area (Å²) in [5.41, 5.74) is 8.70. The Labute approximate surface area is 117 Å². The van der Waals surface area contributed by atoms with Gasteiger partial charge in [0.25, 0.3) is 0 Å². The van der Waals surface area contributed by atoms with Gasteiger partial charge in [-0.3, -0.25) is 4.98 Å². The van der Waals surface area contributed by atoms with Crippen molar-refractivity contribution in [2.24, 2.45) is 0 Å². The molecular weight excluding hydrogens is 254 g/mol. The fourth-order valence-electron chi connectivity index (χ4n) is 1.96. The minimum Gasteiger partial charge on any atom is -0.478 e. The number of benzene rings is 1. The van der Waals surface area contributed by atoms with Crippen LogP contribution in [0.4, 0.5) is 11.4 Å². The number of nitrogens with two attached hydrogens (primary N) is 1. The van der Waals surface area contributed by atoms with E-state index >= 15 is 0 Å². The largest absolute Gasteiger partial charge is 0.478 e. The Morgan fingerprint density at radius 2 is 2.20 bits per heavy atom. The molecule has 5 nitrogen and oxygen atoms in total. The van der Waals surface area contributed by atoms with Gasteiger partial charge in [-0.25, -0.2) is 4.79 Å². The second kappa shape index (κ2) is 6.06. The van der Waals surface area contributed by atoms with E-state index < -0.39 is 5.97 Å². The van der Waals surface area contributed by atoms with Gasteiger partial charge in [0.15, 0.2) is 0 Å². The molecule has 20 heavy (non-hydrogen) atoms. The van der Waals surface area contributed by atoms with Crippen molar-refractivity contribution in [1.82, 2.24) is 4.98 Å². The number of hydrogen-bond acceptors (Lipinski definition) is 4. The van der Waals surface area contributed by atoms with E-state index in [0.29, 0.717) is 12.2 Å². The second-order valence-corrected chi connectivity index (χ2v) is 4.56. The zero-order chi connectivity index (χ0) is 14.5. The summed E-state index contributed by atoms with van der Waals surface area (Å²) >= 11 is 0. The number of aromatic nitrogens is 1. The number of carboxylic acid groups (broad SMARTS) is 1. The van der Waals surface area contributed by atoms with Gasteiger partial charge in [-0.1, -0.05) is 6.07 Å². The van der Waals surface area contributed by atoms with Crippen LogP contribution < -0.4 is 11.1 Å². The molecule has 0 aliphatic rings. The van der Waals surface area contributed by atoms with Crippen LogP contribution in [0, 0.1) is 6.92 Å². The lowest BCUT2D eigenvalue weighted by Gasteiger charge is -2.11. The van der Waals surface area contributed by atoms with Gasteiger partial charge in [0, 0.05) is 36.2 Å². The highest BCUT2D eigenvalue weighted by molar-refractivity contribution is 5.95. The third kappa shape index (κ3) is 3.26. The number of rotatable bonds is 5. The summed E-state index contributed by atoms with van der Waals surface area (Å²) in [7, 11) is 0. The van der Waals surface area contributed by atoms with Crippen LogP contribution in [0.3, 0.4) is 0 Å². The summed E-state index contributed by atoms with van der Waals surface area (Å²) < 4.78 is 0. The van der Waals surface area contributed by atoms with Crippen molar-refractivity contribution in [1.29, 1.82) is 0 Å². The first-order valence-corrected chi connectivity index (χ1v) is 6.35. The number of carbonyl (C=O) groups is 1. The third-order valence-electron chi connectivity index (χ3n) is 3.05. The van der Waals surface area contributed by atoms with Crippen molar-refractivity contribution in [2.45, 2.75) is 13.3 Å². The highest BCUT2D eigenvalue weighted by Gasteiger charge is 2.11. The second-order valence-electron chi connectivity index (χ2n) is 4.56. The van der Waals surface area contributed by atoms with Crippen molar-refractivity contribution in [3.8, 4) is 0 Å². The lowest BCUT2D eigenvalue weighted by Crippen LogP contribution is -2.09. The number of aryl methyl sites for hydroxylation is 1. The standard InChI is InChI=1S/C15H17N3O2/c1-10-8-12(9-13(14(10)16)15(19)20)18-7-5-11-4-2-3-6-17-11/h2-4,6,8-9,18H,5,7,16H2,1H3,(H,19,20). The van der Waals surface area contributed by atoms with Crippen LogP contribution in [0.5, 0.6) is 0 Å². The van der Waals surface area contributed by atoms with E-state index in [4.69, 9.17) is 10.8 Å². The van der Waals surface area contributed by atoms with E-state index in [-0.39, 0.29) is 5.56 Å². The van der Waals surface area contributed by atoms with Crippen molar-refractivity contribution >= 4 is 17.3 Å². The van der Waals surface area contributed by atoms with E-state index in [1.807, 2.05) is 24.3 Å². The van der Waals surface area contributed by atoms with Crippen molar-refractivity contribution in [2.75, 3.05) is 17.6 Å². The first-order chi connectivity index (χ1) is 9.58. The fourth-order valence-corrected chi connectivity index (χ4v) is 1.96. The smallest absolute Gasteiger partial charge is 0.337 e. The molecule has 0 saturated heterocycles. The Morgan fingerprint density at radius 1 is 1.40 bits per heavy atom. The molecule has 0 spiro atoms. The number of anilines is 2. The molecule has 1 heterocycles. The number of pyridine rings is 1. The number of hydrogen-bond donors (Lipinski definition) is 3. The number of carboxylic acids is 1. The molecule has 1 aromatic carbocycles. The molecule has 0 amide bonds. The van der Waals surface area contributed by atoms with E-state index in [2.05, 4.69) is 10.3 Å². The number of nitrogens with zero attached hydrogens (tertiary/aromatic N) is 1. The van der Waals surface area contributed by atoms with E-state index in [9.17, 15) is 4.79 Å². The monoisotopic (exact) mass is 271 g/mol. The van der Waals surface area contributed by atoms with Crippen LogP contribution in [-0.4, -0.2) is 22.6 Å². The van der Waals surface area contributed by atoms with Crippen LogP contribution in [0.15, 0.2) is 36.5 Å². The Kier molecular flexibility index (Phi) is 4.20. The van der Waals surface area contributed by atoms with Gasteiger partial charge >= 0.3 is 5.97 Å². The molecular formula is C15H17N3O2. The molecule has 0 unspecified atom stereocenters. The Morgan fingerprint density at radius 3 is 2.85 bits per heavy atom. The fraction of sp³-hybridized carbons (Fsp3) is 0.200. The SMILES string of the molecule is Cc1cc(NCCc2ccccn2)cc(C(=O)O)c1N. The average Bonchev–Trinajstić information content (AvgIpc) is 2.43. The summed E-state index contributed by atoms with van der Waals surface area (Å²) in [6.07, 6.45) is 2.53. The molecule has 2 aromatic rings. The summed E-state index contributed by atoms with van der Waals surface area (Å²) in [6, 6.07) is 9.18. The van der Waals surface area contributed by atoms with Crippen LogP contribution in [0.1, 0.15) is 21.6 Å². The summed E-state index contributed by atoms with van der Waals surface area (Å²) in [6.45, 7) is 2.48. The molecule has 0 bridgehead atoms. The van der Waals surface area contributed by atoms with Crippen LogP contribution in [0.25, 0.3) is 0 Å². The van der Waals surface area contributed by atoms with Crippen molar-refractivity contribution in [3.63, 3.8) is 0 Å². The molecule has 0 atom stereocenters. The summed E-state index contributed by atoms with van der Waals surface area (Å²) in [5.74, 6) is -1.01. The van der Waals surface area contributed by atoms with E-state index in [1.165, 1.54) is 0 Å². The lowest BCUT2D eigenvalue weighted by molar-refractivity contribution is 0.0698. The normalized spacial score (nSPS) is 10.2.